The summed E-state index contributed by atoms with van der Waals surface area (Å²) in [6.07, 6.45) is 0.654. The van der Waals surface area contributed by atoms with Gasteiger partial charge < -0.3 is 5.32 Å². The van der Waals surface area contributed by atoms with Gasteiger partial charge in [-0.3, -0.25) is 0 Å². The van der Waals surface area contributed by atoms with E-state index in [4.69, 9.17) is 11.6 Å². The molecular weight excluding hydrogens is 353 g/mol. The Balaban J connectivity index is 2.35. The third-order valence-corrected chi connectivity index (χ3v) is 4.80. The van der Waals surface area contributed by atoms with E-state index < -0.39 is 0 Å². The molecule has 2 aromatic rings. The Morgan fingerprint density at radius 1 is 1.29 bits per heavy atom. The van der Waals surface area contributed by atoms with Gasteiger partial charge in [0.1, 0.15) is 5.82 Å². The van der Waals surface area contributed by atoms with Crippen molar-refractivity contribution in [2.75, 3.05) is 6.54 Å². The van der Waals surface area contributed by atoms with Gasteiger partial charge in [-0.25, -0.2) is 4.39 Å². The number of hydrogen-bond donors (Lipinski definition) is 1. The van der Waals surface area contributed by atoms with Crippen molar-refractivity contribution in [3.63, 3.8) is 0 Å². The van der Waals surface area contributed by atoms with Crippen molar-refractivity contribution in [3.05, 3.63) is 68.4 Å². The van der Waals surface area contributed by atoms with Crippen LogP contribution in [0.5, 0.6) is 0 Å². The van der Waals surface area contributed by atoms with E-state index in [1.807, 2.05) is 12.1 Å². The van der Waals surface area contributed by atoms with Crippen molar-refractivity contribution in [2.24, 2.45) is 0 Å². The van der Waals surface area contributed by atoms with Crippen LogP contribution < -0.4 is 5.32 Å². The van der Waals surface area contributed by atoms with Crippen molar-refractivity contribution in [3.8, 4) is 0 Å². The lowest BCUT2D eigenvalue weighted by atomic mass is 9.95. The minimum atomic E-state index is -0.254. The van der Waals surface area contributed by atoms with E-state index >= 15 is 0 Å². The fourth-order valence-electron chi connectivity index (χ4n) is 2.46. The van der Waals surface area contributed by atoms with Crippen molar-refractivity contribution >= 4 is 27.5 Å². The van der Waals surface area contributed by atoms with Crippen LogP contribution in [0.3, 0.4) is 0 Å². The predicted molar refractivity (Wildman–Crippen MR) is 90.4 cm³/mol. The average Bonchev–Trinajstić information content (AvgIpc) is 2.45. The highest BCUT2D eigenvalue weighted by molar-refractivity contribution is 9.10. The highest BCUT2D eigenvalue weighted by Crippen LogP contribution is 2.29. The first kappa shape index (κ1) is 16.5. The molecule has 0 aliphatic carbocycles. The van der Waals surface area contributed by atoms with E-state index in [1.165, 1.54) is 23.3 Å². The molecule has 1 atom stereocenters. The molecule has 0 heterocycles. The monoisotopic (exact) mass is 369 g/mol. The van der Waals surface area contributed by atoms with Crippen LogP contribution in [-0.2, 0) is 6.42 Å². The summed E-state index contributed by atoms with van der Waals surface area (Å²) in [6, 6.07) is 10.8. The number of hydrogen-bond acceptors (Lipinski definition) is 1. The highest BCUT2D eigenvalue weighted by atomic mass is 79.9. The van der Waals surface area contributed by atoms with Gasteiger partial charge >= 0.3 is 0 Å². The molecule has 0 spiro atoms. The van der Waals surface area contributed by atoms with Gasteiger partial charge in [0.15, 0.2) is 0 Å². The Labute approximate surface area is 138 Å². The Morgan fingerprint density at radius 2 is 2.05 bits per heavy atom. The molecule has 0 saturated carbocycles. The maximum atomic E-state index is 13.4. The summed E-state index contributed by atoms with van der Waals surface area (Å²) in [5.74, 6) is -0.254. The van der Waals surface area contributed by atoms with Crippen LogP contribution in [-0.4, -0.2) is 6.54 Å². The first-order valence-corrected chi connectivity index (χ1v) is 8.12. The number of nitrogens with one attached hydrogen (secondary N) is 1. The van der Waals surface area contributed by atoms with Gasteiger partial charge in [0.2, 0.25) is 0 Å². The second-order valence-corrected chi connectivity index (χ2v) is 6.27. The van der Waals surface area contributed by atoms with Crippen LogP contribution in [0, 0.1) is 12.7 Å². The molecule has 1 nitrogen and oxygen atoms in total. The summed E-state index contributed by atoms with van der Waals surface area (Å²) in [5, 5.41) is 4.06. The molecule has 21 heavy (non-hydrogen) atoms. The first-order valence-electron chi connectivity index (χ1n) is 6.95. The lowest BCUT2D eigenvalue weighted by Crippen LogP contribution is -2.24. The van der Waals surface area contributed by atoms with E-state index in [2.05, 4.69) is 41.2 Å². The molecule has 0 saturated heterocycles. The second-order valence-electron chi connectivity index (χ2n) is 5.00. The highest BCUT2D eigenvalue weighted by Gasteiger charge is 2.16. The molecule has 0 aliphatic heterocycles. The molecule has 0 radical (unpaired) electrons. The van der Waals surface area contributed by atoms with Crippen molar-refractivity contribution in [2.45, 2.75) is 26.3 Å². The quantitative estimate of drug-likeness (QED) is 0.738. The predicted octanol–water partition coefficient (Wildman–Crippen LogP) is 5.44. The summed E-state index contributed by atoms with van der Waals surface area (Å²) < 4.78 is 14.5. The maximum Gasteiger partial charge on any atom is 0.123 e. The molecule has 0 aromatic heterocycles. The van der Waals surface area contributed by atoms with E-state index in [-0.39, 0.29) is 11.9 Å². The van der Waals surface area contributed by atoms with Gasteiger partial charge in [0, 0.05) is 15.5 Å². The Bertz CT molecular complexity index is 630. The molecule has 2 aromatic carbocycles. The fourth-order valence-corrected chi connectivity index (χ4v) is 3.04. The van der Waals surface area contributed by atoms with E-state index in [0.717, 1.165) is 16.6 Å². The zero-order valence-corrected chi connectivity index (χ0v) is 14.4. The SMILES string of the molecule is CCNC(Cc1cc(F)ccc1Cl)c1cccc(Br)c1C. The fraction of sp³-hybridized carbons (Fsp3) is 0.294. The summed E-state index contributed by atoms with van der Waals surface area (Å²) in [4.78, 5) is 0. The molecule has 1 N–H and O–H groups in total. The minimum Gasteiger partial charge on any atom is -0.310 e. The lowest BCUT2D eigenvalue weighted by molar-refractivity contribution is 0.544. The van der Waals surface area contributed by atoms with Crippen molar-refractivity contribution in [1.82, 2.24) is 5.32 Å². The van der Waals surface area contributed by atoms with Gasteiger partial charge in [0.25, 0.3) is 0 Å². The van der Waals surface area contributed by atoms with Gasteiger partial charge in [-0.1, -0.05) is 46.6 Å². The lowest BCUT2D eigenvalue weighted by Gasteiger charge is -2.22. The maximum absolute atomic E-state index is 13.4. The first-order chi connectivity index (χ1) is 10.0. The molecule has 2 rings (SSSR count). The smallest absolute Gasteiger partial charge is 0.123 e. The van der Waals surface area contributed by atoms with Crippen molar-refractivity contribution in [1.29, 1.82) is 0 Å². The molecule has 0 bridgehead atoms. The molecule has 1 unspecified atom stereocenters. The summed E-state index contributed by atoms with van der Waals surface area (Å²) in [6.45, 7) is 4.98. The Hall–Kier alpha value is -0.900. The summed E-state index contributed by atoms with van der Waals surface area (Å²) >= 11 is 9.76. The number of benzene rings is 2. The van der Waals surface area contributed by atoms with Crippen LogP contribution in [0.4, 0.5) is 4.39 Å². The van der Waals surface area contributed by atoms with E-state index in [1.54, 1.807) is 6.07 Å². The van der Waals surface area contributed by atoms with Crippen LogP contribution in [0.2, 0.25) is 5.02 Å². The van der Waals surface area contributed by atoms with Crippen LogP contribution in [0.1, 0.15) is 29.7 Å². The van der Waals surface area contributed by atoms with E-state index in [9.17, 15) is 4.39 Å². The third-order valence-electron chi connectivity index (χ3n) is 3.57. The van der Waals surface area contributed by atoms with Gasteiger partial charge in [0.05, 0.1) is 0 Å². The second kappa shape index (κ2) is 7.39. The Kier molecular flexibility index (Phi) is 5.80. The molecule has 0 aliphatic rings. The topological polar surface area (TPSA) is 12.0 Å². The van der Waals surface area contributed by atoms with Gasteiger partial charge in [-0.05, 0) is 60.8 Å². The molecule has 4 heteroatoms. The van der Waals surface area contributed by atoms with Gasteiger partial charge in [-0.15, -0.1) is 0 Å². The van der Waals surface area contributed by atoms with Gasteiger partial charge in [-0.2, -0.15) is 0 Å². The largest absolute Gasteiger partial charge is 0.310 e. The number of likely N-dealkylation sites (N-methyl/N-ethyl adjacent to an activating group) is 1. The van der Waals surface area contributed by atoms with Crippen LogP contribution in [0.25, 0.3) is 0 Å². The average molecular weight is 371 g/mol. The summed E-state index contributed by atoms with van der Waals surface area (Å²) in [5.41, 5.74) is 3.21. The standard InChI is InChI=1S/C17H18BrClFN/c1-3-21-17(14-5-4-6-15(18)11(14)2)10-12-9-13(20)7-8-16(12)19/h4-9,17,21H,3,10H2,1-2H3. The van der Waals surface area contributed by atoms with Crippen LogP contribution in [0.15, 0.2) is 40.9 Å². The number of halogens is 3. The molecule has 0 amide bonds. The molecule has 112 valence electrons. The summed E-state index contributed by atoms with van der Waals surface area (Å²) in [7, 11) is 0. The molecule has 0 fully saturated rings. The number of rotatable bonds is 5. The normalized spacial score (nSPS) is 12.4. The Morgan fingerprint density at radius 3 is 2.76 bits per heavy atom. The van der Waals surface area contributed by atoms with Crippen LogP contribution >= 0.6 is 27.5 Å². The third kappa shape index (κ3) is 4.06. The zero-order chi connectivity index (χ0) is 15.4. The minimum absolute atomic E-state index is 0.104. The molecular formula is C17H18BrClFN. The van der Waals surface area contributed by atoms with E-state index in [0.29, 0.717) is 11.4 Å². The van der Waals surface area contributed by atoms with Crippen molar-refractivity contribution < 1.29 is 4.39 Å². The zero-order valence-electron chi connectivity index (χ0n) is 12.1.